The first-order valence-corrected chi connectivity index (χ1v) is 4.62. The van der Waals surface area contributed by atoms with E-state index in [2.05, 4.69) is 4.84 Å². The van der Waals surface area contributed by atoms with Crippen LogP contribution in [0.4, 0.5) is 17.6 Å². The van der Waals surface area contributed by atoms with Crippen LogP contribution in [0.15, 0.2) is 18.2 Å². The summed E-state index contributed by atoms with van der Waals surface area (Å²) in [5.41, 5.74) is 2.06. The molecule has 0 saturated carbocycles. The van der Waals surface area contributed by atoms with Gasteiger partial charge in [-0.3, -0.25) is 4.84 Å². The Bertz CT molecular complexity index is 336. The largest absolute Gasteiger partial charge is 0.413 e. The minimum atomic E-state index is -4.42. The molecule has 0 saturated heterocycles. The maximum absolute atomic E-state index is 13.1. The van der Waals surface area contributed by atoms with E-state index in [9.17, 15) is 17.6 Å². The van der Waals surface area contributed by atoms with E-state index in [1.54, 1.807) is 0 Å². The van der Waals surface area contributed by atoms with Gasteiger partial charge < -0.3 is 0 Å². The highest BCUT2D eigenvalue weighted by atomic mass is 35.5. The standard InChI is InChI=1S/C9H8ClF4NO/c10-7-2-1-3-8(11)6(7)4-15-16-5-9(12,13)14/h1-3,15H,4-5H2. The Morgan fingerprint density at radius 3 is 2.56 bits per heavy atom. The van der Waals surface area contributed by atoms with Crippen LogP contribution < -0.4 is 5.48 Å². The zero-order valence-electron chi connectivity index (χ0n) is 7.94. The van der Waals surface area contributed by atoms with Crippen molar-refractivity contribution in [1.29, 1.82) is 0 Å². The van der Waals surface area contributed by atoms with E-state index in [4.69, 9.17) is 11.6 Å². The summed E-state index contributed by atoms with van der Waals surface area (Å²) >= 11 is 5.64. The van der Waals surface area contributed by atoms with Gasteiger partial charge in [-0.15, -0.1) is 0 Å². The molecule has 0 aliphatic rings. The van der Waals surface area contributed by atoms with Crippen molar-refractivity contribution in [1.82, 2.24) is 5.48 Å². The van der Waals surface area contributed by atoms with Crippen LogP contribution in [0.1, 0.15) is 5.56 Å². The van der Waals surface area contributed by atoms with Gasteiger partial charge in [0.05, 0.1) is 6.54 Å². The van der Waals surface area contributed by atoms with E-state index in [-0.39, 0.29) is 17.1 Å². The molecule has 1 aromatic carbocycles. The lowest BCUT2D eigenvalue weighted by Gasteiger charge is -2.09. The summed E-state index contributed by atoms with van der Waals surface area (Å²) in [6.07, 6.45) is -4.42. The molecule has 16 heavy (non-hydrogen) atoms. The van der Waals surface area contributed by atoms with Gasteiger partial charge >= 0.3 is 6.18 Å². The van der Waals surface area contributed by atoms with Crippen molar-refractivity contribution in [3.05, 3.63) is 34.6 Å². The average Bonchev–Trinajstić information content (AvgIpc) is 2.14. The molecule has 7 heteroatoms. The fourth-order valence-electron chi connectivity index (χ4n) is 0.957. The third-order valence-electron chi connectivity index (χ3n) is 1.65. The van der Waals surface area contributed by atoms with E-state index in [1.165, 1.54) is 12.1 Å². The zero-order valence-corrected chi connectivity index (χ0v) is 8.70. The van der Waals surface area contributed by atoms with Crippen LogP contribution in [-0.4, -0.2) is 12.8 Å². The van der Waals surface area contributed by atoms with Crippen molar-refractivity contribution in [2.24, 2.45) is 0 Å². The summed E-state index contributed by atoms with van der Waals surface area (Å²) in [5.74, 6) is -0.601. The van der Waals surface area contributed by atoms with Crippen LogP contribution in [0, 0.1) is 5.82 Å². The summed E-state index contributed by atoms with van der Waals surface area (Å²) in [4.78, 5) is 4.11. The van der Waals surface area contributed by atoms with Crippen LogP contribution in [0.5, 0.6) is 0 Å². The van der Waals surface area contributed by atoms with Crippen molar-refractivity contribution < 1.29 is 22.4 Å². The van der Waals surface area contributed by atoms with E-state index in [0.717, 1.165) is 6.07 Å². The third kappa shape index (κ3) is 4.34. The summed E-state index contributed by atoms with van der Waals surface area (Å²) < 4.78 is 48.1. The van der Waals surface area contributed by atoms with E-state index < -0.39 is 18.6 Å². The molecule has 0 spiro atoms. The van der Waals surface area contributed by atoms with Crippen molar-refractivity contribution in [2.75, 3.05) is 6.61 Å². The number of alkyl halides is 3. The first kappa shape index (κ1) is 13.2. The van der Waals surface area contributed by atoms with Gasteiger partial charge in [0, 0.05) is 10.6 Å². The van der Waals surface area contributed by atoms with Crippen LogP contribution in [0.3, 0.4) is 0 Å². The van der Waals surface area contributed by atoms with Crippen LogP contribution >= 0.6 is 11.6 Å². The molecule has 1 aromatic rings. The fraction of sp³-hybridized carbons (Fsp3) is 0.333. The second kappa shape index (κ2) is 5.47. The van der Waals surface area contributed by atoms with Crippen molar-refractivity contribution >= 4 is 11.6 Å². The molecule has 1 N–H and O–H groups in total. The molecule has 0 aromatic heterocycles. The summed E-state index contributed by atoms with van der Waals surface area (Å²) in [6, 6.07) is 4.00. The highest BCUT2D eigenvalue weighted by Gasteiger charge is 2.27. The van der Waals surface area contributed by atoms with Crippen molar-refractivity contribution in [2.45, 2.75) is 12.7 Å². The number of nitrogens with one attached hydrogen (secondary N) is 1. The number of halogens is 5. The fourth-order valence-corrected chi connectivity index (χ4v) is 1.19. The van der Waals surface area contributed by atoms with E-state index in [0.29, 0.717) is 0 Å². The minimum Gasteiger partial charge on any atom is -0.292 e. The highest BCUT2D eigenvalue weighted by molar-refractivity contribution is 6.31. The predicted octanol–water partition coefficient (Wildman–Crippen LogP) is 3.06. The van der Waals surface area contributed by atoms with Crippen LogP contribution in [0.2, 0.25) is 5.02 Å². The second-order valence-corrected chi connectivity index (χ2v) is 3.33. The molecule has 0 amide bonds. The van der Waals surface area contributed by atoms with Crippen molar-refractivity contribution in [3.8, 4) is 0 Å². The molecule has 1 rings (SSSR count). The van der Waals surface area contributed by atoms with Gasteiger partial charge in [-0.05, 0) is 12.1 Å². The Morgan fingerprint density at radius 2 is 2.00 bits per heavy atom. The average molecular weight is 258 g/mol. The smallest absolute Gasteiger partial charge is 0.292 e. The first-order valence-electron chi connectivity index (χ1n) is 4.24. The first-order chi connectivity index (χ1) is 7.40. The molecular formula is C9H8ClF4NO. The van der Waals surface area contributed by atoms with Gasteiger partial charge in [0.2, 0.25) is 0 Å². The lowest BCUT2D eigenvalue weighted by atomic mass is 10.2. The molecule has 90 valence electrons. The predicted molar refractivity (Wildman–Crippen MR) is 50.3 cm³/mol. The van der Waals surface area contributed by atoms with Gasteiger partial charge in [0.15, 0.2) is 6.61 Å². The molecule has 0 unspecified atom stereocenters. The van der Waals surface area contributed by atoms with E-state index >= 15 is 0 Å². The van der Waals surface area contributed by atoms with Gasteiger partial charge in [-0.25, -0.2) is 4.39 Å². The van der Waals surface area contributed by atoms with Gasteiger partial charge in [0.25, 0.3) is 0 Å². The lowest BCUT2D eigenvalue weighted by Crippen LogP contribution is -2.24. The van der Waals surface area contributed by atoms with Crippen LogP contribution in [-0.2, 0) is 11.4 Å². The molecular weight excluding hydrogens is 250 g/mol. The number of benzene rings is 1. The summed E-state index contributed by atoms with van der Waals surface area (Å²) in [7, 11) is 0. The highest BCUT2D eigenvalue weighted by Crippen LogP contribution is 2.19. The Morgan fingerprint density at radius 1 is 1.31 bits per heavy atom. The molecule has 0 aliphatic carbocycles. The number of hydroxylamine groups is 1. The Balaban J connectivity index is 2.43. The lowest BCUT2D eigenvalue weighted by molar-refractivity contribution is -0.190. The number of hydrogen-bond acceptors (Lipinski definition) is 2. The Labute approximate surface area is 94.1 Å². The topological polar surface area (TPSA) is 21.3 Å². The molecule has 0 radical (unpaired) electrons. The quantitative estimate of drug-likeness (QED) is 0.508. The van der Waals surface area contributed by atoms with Gasteiger partial charge in [-0.1, -0.05) is 17.7 Å². The normalized spacial score (nSPS) is 11.8. The van der Waals surface area contributed by atoms with Crippen molar-refractivity contribution in [3.63, 3.8) is 0 Å². The zero-order chi connectivity index (χ0) is 12.2. The Kier molecular flexibility index (Phi) is 4.52. The molecule has 0 atom stereocenters. The minimum absolute atomic E-state index is 0.0614. The molecule has 0 aliphatic heterocycles. The molecule has 0 fully saturated rings. The maximum Gasteiger partial charge on any atom is 0.413 e. The Hall–Kier alpha value is -0.850. The summed E-state index contributed by atoms with van der Waals surface area (Å²) in [5, 5.41) is 0.128. The number of hydrogen-bond donors (Lipinski definition) is 1. The van der Waals surface area contributed by atoms with Gasteiger partial charge in [-0.2, -0.15) is 18.7 Å². The SMILES string of the molecule is Fc1cccc(Cl)c1CNOCC(F)(F)F. The maximum atomic E-state index is 13.1. The van der Waals surface area contributed by atoms with Gasteiger partial charge in [0.1, 0.15) is 5.82 Å². The monoisotopic (exact) mass is 257 g/mol. The summed E-state index contributed by atoms with van der Waals surface area (Å²) in [6.45, 7) is -1.68. The molecule has 0 heterocycles. The molecule has 2 nitrogen and oxygen atoms in total. The number of rotatable bonds is 4. The second-order valence-electron chi connectivity index (χ2n) is 2.93. The molecule has 0 bridgehead atoms. The van der Waals surface area contributed by atoms with Crippen LogP contribution in [0.25, 0.3) is 0 Å². The third-order valence-corrected chi connectivity index (χ3v) is 2.00. The van der Waals surface area contributed by atoms with E-state index in [1.807, 2.05) is 5.48 Å².